The summed E-state index contributed by atoms with van der Waals surface area (Å²) in [4.78, 5) is 40.6. The van der Waals surface area contributed by atoms with E-state index in [-0.39, 0.29) is 24.4 Å². The van der Waals surface area contributed by atoms with E-state index in [1.54, 1.807) is 39.0 Å². The number of benzene rings is 1. The van der Waals surface area contributed by atoms with Crippen molar-refractivity contribution in [3.05, 3.63) is 39.4 Å². The molecule has 0 bridgehead atoms. The maximum Gasteiger partial charge on any atom is 0.407 e. The number of carbonyl (C=O) groups is 2. The van der Waals surface area contributed by atoms with Gasteiger partial charge in [-0.05, 0) is 52.3 Å². The van der Waals surface area contributed by atoms with Crippen LogP contribution in [0.4, 0.5) is 4.79 Å². The highest BCUT2D eigenvalue weighted by atomic mass is 35.5. The van der Waals surface area contributed by atoms with Crippen LogP contribution in [0.2, 0.25) is 5.02 Å². The normalized spacial score (nSPS) is 11.5. The average molecular weight is 408 g/mol. The molecule has 152 valence electrons. The zero-order valence-corrected chi connectivity index (χ0v) is 17.4. The van der Waals surface area contributed by atoms with Crippen molar-refractivity contribution in [2.45, 2.75) is 59.1 Å². The molecule has 8 heteroatoms. The summed E-state index contributed by atoms with van der Waals surface area (Å²) in [7, 11) is 0. The Hall–Kier alpha value is -2.41. The molecular formula is C20H26ClN3O4. The molecule has 1 aromatic carbocycles. The maximum absolute atomic E-state index is 12.9. The molecule has 0 atom stereocenters. The van der Waals surface area contributed by atoms with Crippen LogP contribution >= 0.6 is 11.6 Å². The molecule has 0 spiro atoms. The largest absolute Gasteiger partial charge is 0.444 e. The van der Waals surface area contributed by atoms with Gasteiger partial charge in [0.05, 0.1) is 10.9 Å². The molecule has 0 fully saturated rings. The molecule has 1 amide bonds. The summed E-state index contributed by atoms with van der Waals surface area (Å²) < 4.78 is 6.74. The number of ether oxygens (including phenoxy) is 1. The predicted octanol–water partition coefficient (Wildman–Crippen LogP) is 3.49. The molecule has 0 aliphatic heterocycles. The van der Waals surface area contributed by atoms with Crippen LogP contribution in [-0.4, -0.2) is 33.6 Å². The van der Waals surface area contributed by atoms with E-state index in [2.05, 4.69) is 10.3 Å². The average Bonchev–Trinajstić information content (AvgIpc) is 2.55. The van der Waals surface area contributed by atoms with Gasteiger partial charge in [0.25, 0.3) is 5.56 Å². The van der Waals surface area contributed by atoms with E-state index in [9.17, 15) is 14.4 Å². The lowest BCUT2D eigenvalue weighted by molar-refractivity contribution is -0.117. The molecular weight excluding hydrogens is 382 g/mol. The lowest BCUT2D eigenvalue weighted by Gasteiger charge is -2.20. The molecule has 0 saturated heterocycles. The zero-order valence-electron chi connectivity index (χ0n) is 16.7. The fraction of sp³-hybridized carbons (Fsp3) is 0.500. The second-order valence-electron chi connectivity index (χ2n) is 7.63. The van der Waals surface area contributed by atoms with Crippen LogP contribution in [0, 0.1) is 0 Å². The Balaban J connectivity index is 2.24. The number of ketones is 1. The molecule has 0 radical (unpaired) electrons. The van der Waals surface area contributed by atoms with Gasteiger partial charge >= 0.3 is 6.09 Å². The number of halogens is 1. The number of hydrogen-bond acceptors (Lipinski definition) is 5. The lowest BCUT2D eigenvalue weighted by Crippen LogP contribution is -2.36. The van der Waals surface area contributed by atoms with E-state index < -0.39 is 11.7 Å². The number of aryl methyl sites for hydroxylation is 1. The molecule has 0 saturated carbocycles. The van der Waals surface area contributed by atoms with Crippen LogP contribution in [0.3, 0.4) is 0 Å². The SMILES string of the molecule is CC(=O)CCCc1nc2cc(Cl)ccc2c(=O)n1CCNC(=O)OC(C)(C)C. The molecule has 1 heterocycles. The molecule has 0 aliphatic rings. The number of carbonyl (C=O) groups excluding carboxylic acids is 2. The topological polar surface area (TPSA) is 90.3 Å². The maximum atomic E-state index is 12.9. The van der Waals surface area contributed by atoms with E-state index in [4.69, 9.17) is 16.3 Å². The van der Waals surface area contributed by atoms with Gasteiger partial charge in [0.2, 0.25) is 0 Å². The highest BCUT2D eigenvalue weighted by molar-refractivity contribution is 6.31. The van der Waals surface area contributed by atoms with Crippen molar-refractivity contribution in [3.63, 3.8) is 0 Å². The first-order chi connectivity index (χ1) is 13.1. The number of nitrogens with one attached hydrogen (secondary N) is 1. The van der Waals surface area contributed by atoms with Crippen LogP contribution in [-0.2, 0) is 22.5 Å². The van der Waals surface area contributed by atoms with Gasteiger partial charge in [-0.3, -0.25) is 9.36 Å². The Kier molecular flexibility index (Phi) is 7.18. The van der Waals surface area contributed by atoms with Gasteiger partial charge in [-0.1, -0.05) is 11.6 Å². The summed E-state index contributed by atoms with van der Waals surface area (Å²) in [6.45, 7) is 7.34. The van der Waals surface area contributed by atoms with Crippen molar-refractivity contribution < 1.29 is 14.3 Å². The first-order valence-corrected chi connectivity index (χ1v) is 9.60. The van der Waals surface area contributed by atoms with Gasteiger partial charge in [0.1, 0.15) is 17.2 Å². The summed E-state index contributed by atoms with van der Waals surface area (Å²) in [6.07, 6.45) is 0.940. The van der Waals surface area contributed by atoms with Crippen molar-refractivity contribution in [1.29, 1.82) is 0 Å². The van der Waals surface area contributed by atoms with Gasteiger partial charge in [0.15, 0.2) is 0 Å². The van der Waals surface area contributed by atoms with Crippen LogP contribution in [0.15, 0.2) is 23.0 Å². The number of nitrogens with zero attached hydrogens (tertiary/aromatic N) is 2. The predicted molar refractivity (Wildman–Crippen MR) is 109 cm³/mol. The number of aromatic nitrogens is 2. The van der Waals surface area contributed by atoms with Crippen LogP contribution in [0.5, 0.6) is 0 Å². The molecule has 1 N–H and O–H groups in total. The standard InChI is InChI=1S/C20H26ClN3O4/c1-13(25)6-5-7-17-23-16-12-14(21)8-9-15(16)18(26)24(17)11-10-22-19(27)28-20(2,3)4/h8-9,12H,5-7,10-11H2,1-4H3,(H,22,27). The third-order valence-electron chi connectivity index (χ3n) is 3.93. The van der Waals surface area contributed by atoms with Crippen LogP contribution in [0.1, 0.15) is 46.4 Å². The smallest absolute Gasteiger partial charge is 0.407 e. The number of amides is 1. The highest BCUT2D eigenvalue weighted by Crippen LogP contribution is 2.16. The van der Waals surface area contributed by atoms with Crippen molar-refractivity contribution in [2.24, 2.45) is 0 Å². The number of fused-ring (bicyclic) bond motifs is 1. The van der Waals surface area contributed by atoms with Crippen molar-refractivity contribution in [3.8, 4) is 0 Å². The number of rotatable bonds is 7. The number of Topliss-reactive ketones (excluding diaryl/α,β-unsaturated/α-hetero) is 1. The second-order valence-corrected chi connectivity index (χ2v) is 8.07. The molecule has 7 nitrogen and oxygen atoms in total. The lowest BCUT2D eigenvalue weighted by atomic mass is 10.1. The summed E-state index contributed by atoms with van der Waals surface area (Å²) in [5, 5.41) is 3.60. The van der Waals surface area contributed by atoms with Crippen molar-refractivity contribution in [2.75, 3.05) is 6.54 Å². The minimum Gasteiger partial charge on any atom is -0.444 e. The second kappa shape index (κ2) is 9.19. The van der Waals surface area contributed by atoms with E-state index in [0.29, 0.717) is 41.0 Å². The highest BCUT2D eigenvalue weighted by Gasteiger charge is 2.16. The van der Waals surface area contributed by atoms with Gasteiger partial charge in [0, 0.05) is 31.0 Å². The molecule has 2 aromatic rings. The van der Waals surface area contributed by atoms with Crippen LogP contribution in [0.25, 0.3) is 10.9 Å². The van der Waals surface area contributed by atoms with Crippen LogP contribution < -0.4 is 10.9 Å². The molecule has 0 unspecified atom stereocenters. The Bertz CT molecular complexity index is 931. The first-order valence-electron chi connectivity index (χ1n) is 9.22. The molecule has 0 aliphatic carbocycles. The first kappa shape index (κ1) is 21.9. The van der Waals surface area contributed by atoms with Crippen molar-refractivity contribution >= 4 is 34.4 Å². The van der Waals surface area contributed by atoms with E-state index >= 15 is 0 Å². The minimum absolute atomic E-state index is 0.0873. The third kappa shape index (κ3) is 6.34. The quantitative estimate of drug-likeness (QED) is 0.758. The molecule has 28 heavy (non-hydrogen) atoms. The summed E-state index contributed by atoms with van der Waals surface area (Å²) >= 11 is 6.03. The fourth-order valence-corrected chi connectivity index (χ4v) is 2.91. The number of alkyl carbamates (subject to hydrolysis) is 1. The number of hydrogen-bond donors (Lipinski definition) is 1. The van der Waals surface area contributed by atoms with Gasteiger partial charge in [-0.25, -0.2) is 9.78 Å². The van der Waals surface area contributed by atoms with E-state index in [1.807, 2.05) is 0 Å². The van der Waals surface area contributed by atoms with E-state index in [1.165, 1.54) is 11.5 Å². The third-order valence-corrected chi connectivity index (χ3v) is 4.16. The fourth-order valence-electron chi connectivity index (χ4n) is 2.74. The molecule has 1 aromatic heterocycles. The summed E-state index contributed by atoms with van der Waals surface area (Å²) in [6, 6.07) is 4.94. The minimum atomic E-state index is -0.595. The van der Waals surface area contributed by atoms with Gasteiger partial charge in [-0.2, -0.15) is 0 Å². The molecule has 2 rings (SSSR count). The summed E-state index contributed by atoms with van der Waals surface area (Å²) in [5.41, 5.74) is -0.278. The van der Waals surface area contributed by atoms with Gasteiger partial charge in [-0.15, -0.1) is 0 Å². The Morgan fingerprint density at radius 2 is 2.00 bits per heavy atom. The van der Waals surface area contributed by atoms with Gasteiger partial charge < -0.3 is 14.8 Å². The Labute approximate surface area is 169 Å². The Morgan fingerprint density at radius 3 is 2.64 bits per heavy atom. The Morgan fingerprint density at radius 1 is 1.29 bits per heavy atom. The van der Waals surface area contributed by atoms with E-state index in [0.717, 1.165) is 0 Å². The summed E-state index contributed by atoms with van der Waals surface area (Å²) in [5.74, 6) is 0.649. The zero-order chi connectivity index (χ0) is 20.9. The monoisotopic (exact) mass is 407 g/mol. The van der Waals surface area contributed by atoms with Crippen molar-refractivity contribution in [1.82, 2.24) is 14.9 Å².